The van der Waals surface area contributed by atoms with Crippen LogP contribution in [0.1, 0.15) is 41.8 Å². The summed E-state index contributed by atoms with van der Waals surface area (Å²) in [6, 6.07) is 5.85. The van der Waals surface area contributed by atoms with Gasteiger partial charge in [0, 0.05) is 18.1 Å². The fourth-order valence-corrected chi connectivity index (χ4v) is 3.02. The van der Waals surface area contributed by atoms with Crippen LogP contribution in [0.3, 0.4) is 0 Å². The molecule has 0 fully saturated rings. The second kappa shape index (κ2) is 8.39. The predicted octanol–water partition coefficient (Wildman–Crippen LogP) is 4.51. The topological polar surface area (TPSA) is 56.9 Å². The minimum Gasteiger partial charge on any atom is -0.493 e. The van der Waals surface area contributed by atoms with Gasteiger partial charge in [-0.15, -0.1) is 0 Å². The van der Waals surface area contributed by atoms with Gasteiger partial charge in [-0.3, -0.25) is 0 Å². The molecule has 0 radical (unpaired) electrons. The number of unbranched alkanes of at least 4 members (excludes halogenated alkanes) is 2. The van der Waals surface area contributed by atoms with Gasteiger partial charge in [-0.25, -0.2) is 4.99 Å². The molecule has 1 aromatic carbocycles. The highest BCUT2D eigenvalue weighted by Gasteiger charge is 2.17. The van der Waals surface area contributed by atoms with Crippen molar-refractivity contribution in [2.24, 2.45) is 4.99 Å². The van der Waals surface area contributed by atoms with E-state index in [0.717, 1.165) is 54.0 Å². The summed E-state index contributed by atoms with van der Waals surface area (Å²) in [5.41, 5.74) is 2.70. The Hall–Kier alpha value is -2.01. The van der Waals surface area contributed by atoms with Gasteiger partial charge < -0.3 is 14.0 Å². The lowest BCUT2D eigenvalue weighted by Crippen LogP contribution is -2.05. The van der Waals surface area contributed by atoms with Crippen molar-refractivity contribution in [3.8, 4) is 5.75 Å². The molecule has 25 heavy (non-hydrogen) atoms. The highest BCUT2D eigenvalue weighted by Crippen LogP contribution is 2.30. The van der Waals surface area contributed by atoms with Crippen molar-refractivity contribution in [2.75, 3.05) is 19.8 Å². The van der Waals surface area contributed by atoms with Crippen LogP contribution in [0.25, 0.3) is 0 Å². The highest BCUT2D eigenvalue weighted by molar-refractivity contribution is 6.34. The molecule has 134 valence electrons. The maximum absolute atomic E-state index is 6.45. The van der Waals surface area contributed by atoms with Crippen molar-refractivity contribution >= 4 is 17.5 Å². The number of hydrogen-bond donors (Lipinski definition) is 0. The molecule has 0 saturated heterocycles. The Bertz CT molecular complexity index is 755. The van der Waals surface area contributed by atoms with Gasteiger partial charge in [0.25, 0.3) is 0 Å². The Morgan fingerprint density at radius 2 is 2.08 bits per heavy atom. The number of aliphatic imine (C=N–C) groups is 1. The van der Waals surface area contributed by atoms with Crippen molar-refractivity contribution < 1.29 is 14.0 Å². The molecule has 0 saturated carbocycles. The number of benzene rings is 1. The summed E-state index contributed by atoms with van der Waals surface area (Å²) in [4.78, 5) is 4.32. The Balaban J connectivity index is 1.44. The van der Waals surface area contributed by atoms with Crippen LogP contribution in [0.15, 0.2) is 27.7 Å². The molecule has 0 aliphatic carbocycles. The summed E-state index contributed by atoms with van der Waals surface area (Å²) in [6.07, 6.45) is 4.05. The largest absolute Gasteiger partial charge is 0.493 e. The molecule has 0 spiro atoms. The lowest BCUT2D eigenvalue weighted by molar-refractivity contribution is 0.301. The Kier molecular flexibility index (Phi) is 5.97. The van der Waals surface area contributed by atoms with Crippen LogP contribution in [0, 0.1) is 13.8 Å². The van der Waals surface area contributed by atoms with Gasteiger partial charge in [-0.05, 0) is 45.2 Å². The molecule has 2 heterocycles. The van der Waals surface area contributed by atoms with Crippen LogP contribution < -0.4 is 4.74 Å². The lowest BCUT2D eigenvalue weighted by atomic mass is 10.1. The lowest BCUT2D eigenvalue weighted by Gasteiger charge is -2.13. The first-order valence-electron chi connectivity index (χ1n) is 8.67. The summed E-state index contributed by atoms with van der Waals surface area (Å²) < 4.78 is 16.6. The number of rotatable bonds is 8. The fourth-order valence-electron chi connectivity index (χ4n) is 2.78. The normalized spacial score (nSPS) is 13.6. The number of halogens is 1. The first kappa shape index (κ1) is 17.8. The quantitative estimate of drug-likeness (QED) is 0.648. The molecule has 1 aliphatic heterocycles. The van der Waals surface area contributed by atoms with Crippen LogP contribution in [0.5, 0.6) is 5.75 Å². The van der Waals surface area contributed by atoms with Crippen molar-refractivity contribution in [1.29, 1.82) is 0 Å². The van der Waals surface area contributed by atoms with E-state index in [-0.39, 0.29) is 0 Å². The first-order valence-corrected chi connectivity index (χ1v) is 9.04. The number of aromatic nitrogens is 1. The second-order valence-electron chi connectivity index (χ2n) is 6.18. The van der Waals surface area contributed by atoms with Gasteiger partial charge in [0.2, 0.25) is 5.90 Å². The molecule has 1 aliphatic rings. The minimum atomic E-state index is 0.622. The molecule has 0 atom stereocenters. The van der Waals surface area contributed by atoms with Gasteiger partial charge >= 0.3 is 0 Å². The Morgan fingerprint density at radius 1 is 1.20 bits per heavy atom. The Morgan fingerprint density at radius 3 is 2.80 bits per heavy atom. The monoisotopic (exact) mass is 362 g/mol. The fraction of sp³-hybridized carbons (Fsp3) is 0.474. The van der Waals surface area contributed by atoms with Crippen LogP contribution in [-0.4, -0.2) is 30.8 Å². The van der Waals surface area contributed by atoms with Crippen molar-refractivity contribution in [3.63, 3.8) is 0 Å². The Labute approximate surface area is 153 Å². The molecule has 5 nitrogen and oxygen atoms in total. The standard InChI is InChI=1S/C19H23ClN2O3/c1-13-12-15(25-22-13)6-4-3-5-10-23-17-8-7-16(18(20)14(17)2)19-21-9-11-24-19/h7-8,12H,3-6,9-11H2,1-2H3. The maximum atomic E-state index is 6.45. The van der Waals surface area contributed by atoms with Crippen molar-refractivity contribution in [1.82, 2.24) is 5.16 Å². The van der Waals surface area contributed by atoms with E-state index in [1.54, 1.807) is 0 Å². The zero-order valence-corrected chi connectivity index (χ0v) is 15.4. The molecule has 3 rings (SSSR count). The molecule has 0 unspecified atom stereocenters. The van der Waals surface area contributed by atoms with Crippen LogP contribution in [-0.2, 0) is 11.2 Å². The third kappa shape index (κ3) is 4.54. The molecule has 0 bridgehead atoms. The van der Waals surface area contributed by atoms with E-state index in [4.69, 9.17) is 25.6 Å². The predicted molar refractivity (Wildman–Crippen MR) is 97.8 cm³/mol. The molecular formula is C19H23ClN2O3. The van der Waals surface area contributed by atoms with Gasteiger partial charge in [-0.2, -0.15) is 0 Å². The van der Waals surface area contributed by atoms with Gasteiger partial charge in [0.15, 0.2) is 0 Å². The molecular weight excluding hydrogens is 340 g/mol. The highest BCUT2D eigenvalue weighted by atomic mass is 35.5. The summed E-state index contributed by atoms with van der Waals surface area (Å²) in [5.74, 6) is 2.40. The van der Waals surface area contributed by atoms with Crippen molar-refractivity contribution in [2.45, 2.75) is 39.5 Å². The van der Waals surface area contributed by atoms with Gasteiger partial charge in [0.05, 0.1) is 29.4 Å². The van der Waals surface area contributed by atoms with Gasteiger partial charge in [-0.1, -0.05) is 16.8 Å². The smallest absolute Gasteiger partial charge is 0.217 e. The van der Waals surface area contributed by atoms with Crippen LogP contribution in [0.4, 0.5) is 0 Å². The maximum Gasteiger partial charge on any atom is 0.217 e. The minimum absolute atomic E-state index is 0.622. The van der Waals surface area contributed by atoms with E-state index in [0.29, 0.717) is 30.7 Å². The number of hydrogen-bond acceptors (Lipinski definition) is 5. The molecule has 1 aromatic heterocycles. The molecule has 2 aromatic rings. The van der Waals surface area contributed by atoms with Gasteiger partial charge in [0.1, 0.15) is 18.1 Å². The average molecular weight is 363 g/mol. The third-order valence-electron chi connectivity index (χ3n) is 4.15. The number of aryl methyl sites for hydroxylation is 2. The first-order chi connectivity index (χ1) is 12.1. The summed E-state index contributed by atoms with van der Waals surface area (Å²) in [7, 11) is 0. The summed E-state index contributed by atoms with van der Waals surface area (Å²) in [5, 5.41) is 4.55. The van der Waals surface area contributed by atoms with Crippen LogP contribution >= 0.6 is 11.6 Å². The van der Waals surface area contributed by atoms with E-state index >= 15 is 0 Å². The molecule has 0 amide bonds. The second-order valence-corrected chi connectivity index (χ2v) is 6.56. The number of ether oxygens (including phenoxy) is 2. The van der Waals surface area contributed by atoms with E-state index in [2.05, 4.69) is 10.1 Å². The zero-order valence-electron chi connectivity index (χ0n) is 14.7. The van der Waals surface area contributed by atoms with Crippen molar-refractivity contribution in [3.05, 3.63) is 45.8 Å². The van der Waals surface area contributed by atoms with E-state index in [1.807, 2.05) is 32.0 Å². The summed E-state index contributed by atoms with van der Waals surface area (Å²) >= 11 is 6.45. The zero-order chi connectivity index (χ0) is 17.6. The van der Waals surface area contributed by atoms with E-state index in [1.165, 1.54) is 0 Å². The SMILES string of the molecule is Cc1cc(CCCCCOc2ccc(C3=NCCO3)c(Cl)c2C)on1. The molecule has 6 heteroatoms. The third-order valence-corrected chi connectivity index (χ3v) is 4.64. The summed E-state index contributed by atoms with van der Waals surface area (Å²) in [6.45, 7) is 5.88. The van der Waals surface area contributed by atoms with Crippen LogP contribution in [0.2, 0.25) is 5.02 Å². The number of nitrogens with zero attached hydrogens (tertiary/aromatic N) is 2. The average Bonchev–Trinajstić information content (AvgIpc) is 3.26. The van der Waals surface area contributed by atoms with E-state index in [9.17, 15) is 0 Å². The molecule has 0 N–H and O–H groups in total. The van der Waals surface area contributed by atoms with E-state index < -0.39 is 0 Å².